The Morgan fingerprint density at radius 2 is 1.91 bits per heavy atom. The number of morpholine rings is 1. The Morgan fingerprint density at radius 3 is 2.75 bits per heavy atom. The Balaban J connectivity index is 1.44. The summed E-state index contributed by atoms with van der Waals surface area (Å²) in [7, 11) is 0. The number of aryl methyl sites for hydroxylation is 3. The number of para-hydroxylation sites is 2. The van der Waals surface area contributed by atoms with E-state index in [1.807, 2.05) is 40.1 Å². The standard InChI is InChI=1S/C25H28N4O3/c1-18-8-9-21-19(17-18)5-4-11-28(21)23(30)10-12-29-22-7-3-2-6-20(22)26-24(25(29)31)27-13-15-32-16-14-27/h2-3,6-9,17H,4-5,10-16H2,1H3. The summed E-state index contributed by atoms with van der Waals surface area (Å²) >= 11 is 0. The number of fused-ring (bicyclic) bond motifs is 2. The number of nitrogens with zero attached hydrogens (tertiary/aromatic N) is 4. The molecule has 0 bridgehead atoms. The van der Waals surface area contributed by atoms with Gasteiger partial charge in [0.25, 0.3) is 5.56 Å². The molecule has 0 radical (unpaired) electrons. The van der Waals surface area contributed by atoms with E-state index in [2.05, 4.69) is 24.0 Å². The number of carbonyl (C=O) groups excluding carboxylic acids is 1. The second-order valence-electron chi connectivity index (χ2n) is 8.51. The van der Waals surface area contributed by atoms with Gasteiger partial charge in [0.15, 0.2) is 5.82 Å². The van der Waals surface area contributed by atoms with Crippen molar-refractivity contribution in [1.82, 2.24) is 9.55 Å². The average Bonchev–Trinajstić information content (AvgIpc) is 2.83. The summed E-state index contributed by atoms with van der Waals surface area (Å²) in [5.41, 5.74) is 4.83. The molecule has 0 atom stereocenters. The van der Waals surface area contributed by atoms with E-state index in [0.717, 1.165) is 36.1 Å². The predicted molar refractivity (Wildman–Crippen MR) is 126 cm³/mol. The zero-order valence-corrected chi connectivity index (χ0v) is 18.4. The molecule has 1 fully saturated rings. The summed E-state index contributed by atoms with van der Waals surface area (Å²) in [5.74, 6) is 0.494. The molecule has 166 valence electrons. The third kappa shape index (κ3) is 3.88. The van der Waals surface area contributed by atoms with Crippen LogP contribution in [0.5, 0.6) is 0 Å². The van der Waals surface area contributed by atoms with Crippen LogP contribution >= 0.6 is 0 Å². The topological polar surface area (TPSA) is 67.7 Å². The van der Waals surface area contributed by atoms with Gasteiger partial charge in [0, 0.05) is 38.3 Å². The van der Waals surface area contributed by atoms with Crippen LogP contribution < -0.4 is 15.4 Å². The number of aromatic nitrogens is 2. The van der Waals surface area contributed by atoms with Gasteiger partial charge in [-0.3, -0.25) is 9.59 Å². The van der Waals surface area contributed by atoms with Gasteiger partial charge in [0.05, 0.1) is 24.2 Å². The lowest BCUT2D eigenvalue weighted by Gasteiger charge is -2.30. The van der Waals surface area contributed by atoms with Gasteiger partial charge in [0.2, 0.25) is 5.91 Å². The minimum atomic E-state index is -0.145. The molecule has 0 aliphatic carbocycles. The van der Waals surface area contributed by atoms with E-state index in [1.54, 1.807) is 4.57 Å². The molecule has 3 aromatic rings. The fourth-order valence-electron chi connectivity index (χ4n) is 4.71. The molecular formula is C25H28N4O3. The maximum absolute atomic E-state index is 13.4. The van der Waals surface area contributed by atoms with E-state index < -0.39 is 0 Å². The molecule has 0 unspecified atom stereocenters. The van der Waals surface area contributed by atoms with Crippen LogP contribution in [0, 0.1) is 6.92 Å². The summed E-state index contributed by atoms with van der Waals surface area (Å²) in [6.45, 7) is 5.58. The van der Waals surface area contributed by atoms with Crippen LogP contribution in [0.2, 0.25) is 0 Å². The van der Waals surface area contributed by atoms with Crippen LogP contribution in [0.4, 0.5) is 11.5 Å². The van der Waals surface area contributed by atoms with Crippen molar-refractivity contribution < 1.29 is 9.53 Å². The molecule has 1 amide bonds. The van der Waals surface area contributed by atoms with E-state index in [-0.39, 0.29) is 17.9 Å². The lowest BCUT2D eigenvalue weighted by atomic mass is 9.99. The van der Waals surface area contributed by atoms with Gasteiger partial charge in [0.1, 0.15) is 0 Å². The van der Waals surface area contributed by atoms with Crippen molar-refractivity contribution in [2.75, 3.05) is 42.6 Å². The van der Waals surface area contributed by atoms with Gasteiger partial charge < -0.3 is 19.1 Å². The summed E-state index contributed by atoms with van der Waals surface area (Å²) in [4.78, 5) is 35.1. The largest absolute Gasteiger partial charge is 0.378 e. The van der Waals surface area contributed by atoms with E-state index in [1.165, 1.54) is 11.1 Å². The molecular weight excluding hydrogens is 404 g/mol. The molecule has 0 spiro atoms. The predicted octanol–water partition coefficient (Wildman–Crippen LogP) is 2.91. The molecule has 1 aromatic heterocycles. The number of hydrogen-bond donors (Lipinski definition) is 0. The molecule has 5 rings (SSSR count). The first-order valence-corrected chi connectivity index (χ1v) is 11.3. The molecule has 7 heteroatoms. The Hall–Kier alpha value is -3.19. The summed E-state index contributed by atoms with van der Waals surface area (Å²) in [5, 5.41) is 0. The highest BCUT2D eigenvalue weighted by atomic mass is 16.5. The van der Waals surface area contributed by atoms with Crippen LogP contribution in [0.3, 0.4) is 0 Å². The van der Waals surface area contributed by atoms with Crippen LogP contribution in [0.1, 0.15) is 24.0 Å². The third-order valence-electron chi connectivity index (χ3n) is 6.35. The molecule has 2 aliphatic heterocycles. The van der Waals surface area contributed by atoms with Crippen LogP contribution in [0.15, 0.2) is 47.3 Å². The SMILES string of the molecule is Cc1ccc2c(c1)CCCN2C(=O)CCn1c(=O)c(N2CCOCC2)nc2ccccc21. The fraction of sp³-hybridized carbons (Fsp3) is 0.400. The average molecular weight is 433 g/mol. The Morgan fingerprint density at radius 1 is 1.09 bits per heavy atom. The monoisotopic (exact) mass is 432 g/mol. The van der Waals surface area contributed by atoms with Crippen molar-refractivity contribution in [2.45, 2.75) is 32.7 Å². The second-order valence-corrected chi connectivity index (χ2v) is 8.51. The summed E-state index contributed by atoms with van der Waals surface area (Å²) in [6.07, 6.45) is 2.23. The number of anilines is 2. The number of benzene rings is 2. The van der Waals surface area contributed by atoms with Gasteiger partial charge in [-0.25, -0.2) is 4.98 Å². The molecule has 3 heterocycles. The number of carbonyl (C=O) groups is 1. The molecule has 0 saturated carbocycles. The molecule has 2 aliphatic rings. The highest BCUT2D eigenvalue weighted by Crippen LogP contribution is 2.28. The van der Waals surface area contributed by atoms with E-state index in [9.17, 15) is 9.59 Å². The maximum atomic E-state index is 13.4. The second kappa shape index (κ2) is 8.74. The Labute approximate surface area is 187 Å². The molecule has 2 aromatic carbocycles. The Kier molecular flexibility index (Phi) is 5.66. The van der Waals surface area contributed by atoms with Crippen molar-refractivity contribution in [1.29, 1.82) is 0 Å². The molecule has 1 saturated heterocycles. The molecule has 0 N–H and O–H groups in total. The van der Waals surface area contributed by atoms with Crippen molar-refractivity contribution in [2.24, 2.45) is 0 Å². The van der Waals surface area contributed by atoms with Crippen molar-refractivity contribution in [3.8, 4) is 0 Å². The fourth-order valence-corrected chi connectivity index (χ4v) is 4.71. The van der Waals surface area contributed by atoms with Gasteiger partial charge >= 0.3 is 0 Å². The number of ether oxygens (including phenoxy) is 1. The normalized spacial score (nSPS) is 16.3. The van der Waals surface area contributed by atoms with Gasteiger partial charge in [-0.05, 0) is 43.5 Å². The zero-order valence-electron chi connectivity index (χ0n) is 18.4. The first kappa shape index (κ1) is 20.7. The minimum Gasteiger partial charge on any atom is -0.378 e. The van der Waals surface area contributed by atoms with Crippen LogP contribution in [-0.2, 0) is 22.5 Å². The van der Waals surface area contributed by atoms with Gasteiger partial charge in [-0.1, -0.05) is 29.8 Å². The highest BCUT2D eigenvalue weighted by Gasteiger charge is 2.24. The number of rotatable bonds is 4. The minimum absolute atomic E-state index is 0.0514. The van der Waals surface area contributed by atoms with Crippen molar-refractivity contribution in [3.05, 3.63) is 63.9 Å². The quantitative estimate of drug-likeness (QED) is 0.634. The van der Waals surface area contributed by atoms with Crippen molar-refractivity contribution in [3.63, 3.8) is 0 Å². The smallest absolute Gasteiger partial charge is 0.294 e. The van der Waals surface area contributed by atoms with Crippen molar-refractivity contribution >= 4 is 28.4 Å². The number of amides is 1. The molecule has 7 nitrogen and oxygen atoms in total. The maximum Gasteiger partial charge on any atom is 0.294 e. The first-order chi connectivity index (χ1) is 15.6. The van der Waals surface area contributed by atoms with Gasteiger partial charge in [-0.15, -0.1) is 0 Å². The van der Waals surface area contributed by atoms with E-state index in [0.29, 0.717) is 38.7 Å². The van der Waals surface area contributed by atoms with Gasteiger partial charge in [-0.2, -0.15) is 0 Å². The lowest BCUT2D eigenvalue weighted by Crippen LogP contribution is -2.42. The third-order valence-corrected chi connectivity index (χ3v) is 6.35. The molecule has 32 heavy (non-hydrogen) atoms. The van der Waals surface area contributed by atoms with E-state index >= 15 is 0 Å². The highest BCUT2D eigenvalue weighted by molar-refractivity contribution is 5.94. The Bertz CT molecular complexity index is 1210. The zero-order chi connectivity index (χ0) is 22.1. The van der Waals surface area contributed by atoms with E-state index in [4.69, 9.17) is 4.74 Å². The van der Waals surface area contributed by atoms with Crippen LogP contribution in [0.25, 0.3) is 11.0 Å². The number of hydrogen-bond acceptors (Lipinski definition) is 5. The first-order valence-electron chi connectivity index (χ1n) is 11.3. The summed E-state index contributed by atoms with van der Waals surface area (Å²) < 4.78 is 7.15. The van der Waals surface area contributed by atoms with Crippen LogP contribution in [-0.4, -0.2) is 48.3 Å². The lowest BCUT2D eigenvalue weighted by molar-refractivity contribution is -0.118. The summed E-state index contributed by atoms with van der Waals surface area (Å²) in [6, 6.07) is 13.9.